The van der Waals surface area contributed by atoms with Crippen LogP contribution < -0.4 is 10.6 Å². The third kappa shape index (κ3) is 2.94. The highest BCUT2D eigenvalue weighted by Crippen LogP contribution is 2.51. The van der Waals surface area contributed by atoms with Gasteiger partial charge in [0.1, 0.15) is 6.04 Å². The van der Waals surface area contributed by atoms with E-state index >= 15 is 0 Å². The summed E-state index contributed by atoms with van der Waals surface area (Å²) in [6.45, 7) is 4.73. The van der Waals surface area contributed by atoms with Gasteiger partial charge in [0, 0.05) is 22.3 Å². The number of aromatic nitrogens is 1. The number of nitrogens with one attached hydrogen (secondary N) is 1. The molecule has 2 atom stereocenters. The second kappa shape index (κ2) is 7.83. The zero-order valence-electron chi connectivity index (χ0n) is 21.6. The summed E-state index contributed by atoms with van der Waals surface area (Å²) in [5.41, 5.74) is 11.9. The summed E-state index contributed by atoms with van der Waals surface area (Å²) in [4.78, 5) is 0. The largest absolute Gasteiger partial charge is 0.366 e. The van der Waals surface area contributed by atoms with Crippen molar-refractivity contribution in [2.45, 2.75) is 31.5 Å². The van der Waals surface area contributed by atoms with E-state index in [0.717, 1.165) is 0 Å². The lowest BCUT2D eigenvalue weighted by Crippen LogP contribution is -2.84. The molecule has 184 valence electrons. The van der Waals surface area contributed by atoms with Gasteiger partial charge in [-0.2, -0.15) is 0 Å². The number of quaternary nitrogens is 1. The first-order valence-electron chi connectivity index (χ1n) is 13.5. The van der Waals surface area contributed by atoms with Gasteiger partial charge < -0.3 is 5.32 Å². The minimum Gasteiger partial charge on any atom is -0.366 e. The smallest absolute Gasteiger partial charge is 0.195 e. The fraction of sp³-hybridized carbons (Fsp3) is 0.143. The highest BCUT2D eigenvalue weighted by molar-refractivity contribution is 6.10. The van der Waals surface area contributed by atoms with Gasteiger partial charge in [0.05, 0.1) is 16.7 Å². The maximum absolute atomic E-state index is 3.91. The lowest BCUT2D eigenvalue weighted by atomic mass is 9.82. The summed E-state index contributed by atoms with van der Waals surface area (Å²) in [6.07, 6.45) is 0.109. The molecule has 0 spiro atoms. The maximum Gasteiger partial charge on any atom is 0.195 e. The van der Waals surface area contributed by atoms with E-state index in [9.17, 15) is 0 Å². The van der Waals surface area contributed by atoms with Crippen molar-refractivity contribution in [1.29, 1.82) is 0 Å². The van der Waals surface area contributed by atoms with E-state index in [2.05, 4.69) is 144 Å². The number of benzene rings is 5. The van der Waals surface area contributed by atoms with Gasteiger partial charge in [0.25, 0.3) is 0 Å². The second-order valence-corrected chi connectivity index (χ2v) is 11.2. The highest BCUT2D eigenvalue weighted by Gasteiger charge is 2.39. The molecule has 3 heteroatoms. The molecule has 0 bridgehead atoms. The molecule has 3 nitrogen and oxygen atoms in total. The highest BCUT2D eigenvalue weighted by atomic mass is 15.3. The van der Waals surface area contributed by atoms with Gasteiger partial charge in [0.15, 0.2) is 11.9 Å². The molecule has 6 aromatic rings. The molecular formula is C35H30N3+. The quantitative estimate of drug-likeness (QED) is 0.239. The van der Waals surface area contributed by atoms with Crippen molar-refractivity contribution in [2.75, 3.05) is 5.32 Å². The third-order valence-electron chi connectivity index (χ3n) is 8.83. The van der Waals surface area contributed by atoms with Crippen LogP contribution in [0.3, 0.4) is 0 Å². The van der Waals surface area contributed by atoms with Crippen molar-refractivity contribution < 1.29 is 5.32 Å². The van der Waals surface area contributed by atoms with Gasteiger partial charge in [0.2, 0.25) is 0 Å². The fourth-order valence-electron chi connectivity index (χ4n) is 6.99. The number of nitrogens with two attached hydrogens (primary N) is 1. The van der Waals surface area contributed by atoms with Gasteiger partial charge in [-0.25, -0.2) is 0 Å². The fourth-order valence-corrected chi connectivity index (χ4v) is 6.99. The molecule has 1 aliphatic heterocycles. The summed E-state index contributed by atoms with van der Waals surface area (Å²) in [5, 5.41) is 9.02. The molecule has 1 aromatic heterocycles. The van der Waals surface area contributed by atoms with Gasteiger partial charge in [-0.05, 0) is 52.1 Å². The molecule has 8 rings (SSSR count). The predicted molar refractivity (Wildman–Crippen MR) is 157 cm³/mol. The van der Waals surface area contributed by atoms with Gasteiger partial charge in [-0.3, -0.25) is 9.88 Å². The maximum atomic E-state index is 3.91. The first-order valence-corrected chi connectivity index (χ1v) is 13.5. The minimum atomic E-state index is -0.0205. The van der Waals surface area contributed by atoms with Crippen molar-refractivity contribution in [3.8, 4) is 11.1 Å². The number of para-hydroxylation sites is 3. The van der Waals surface area contributed by atoms with Crippen LogP contribution in [0, 0.1) is 0 Å². The molecule has 5 aromatic carbocycles. The van der Waals surface area contributed by atoms with Crippen LogP contribution in [0.1, 0.15) is 42.7 Å². The summed E-state index contributed by atoms with van der Waals surface area (Å²) in [5.74, 6) is 0. The monoisotopic (exact) mass is 492 g/mol. The number of hydrogen-bond donors (Lipinski definition) is 2. The third-order valence-corrected chi connectivity index (χ3v) is 8.83. The predicted octanol–water partition coefficient (Wildman–Crippen LogP) is 7.66. The van der Waals surface area contributed by atoms with E-state index < -0.39 is 0 Å². The van der Waals surface area contributed by atoms with Crippen LogP contribution in [-0.2, 0) is 5.41 Å². The van der Waals surface area contributed by atoms with Gasteiger partial charge in [-0.15, -0.1) is 0 Å². The molecule has 2 unspecified atom stereocenters. The minimum absolute atomic E-state index is 0.0205. The Bertz CT molecular complexity index is 1860. The SMILES string of the molecule is CC1(C)c2ccccc2-c2cc3c(cc21)c1ccccc1n3C1[NH2+]c2ccccc2NC1c1ccccc1. The van der Waals surface area contributed by atoms with Crippen molar-refractivity contribution in [1.82, 2.24) is 4.57 Å². The second-order valence-electron chi connectivity index (χ2n) is 11.2. The normalized spacial score (nSPS) is 19.1. The Morgan fingerprint density at radius 2 is 1.39 bits per heavy atom. The van der Waals surface area contributed by atoms with E-state index in [-0.39, 0.29) is 17.6 Å². The number of rotatable bonds is 2. The Morgan fingerprint density at radius 1 is 0.658 bits per heavy atom. The summed E-state index contributed by atoms with van der Waals surface area (Å²) < 4.78 is 2.58. The van der Waals surface area contributed by atoms with E-state index in [1.54, 1.807) is 0 Å². The van der Waals surface area contributed by atoms with Crippen LogP contribution in [0.2, 0.25) is 0 Å². The van der Waals surface area contributed by atoms with Crippen LogP contribution in [0.5, 0.6) is 0 Å². The average molecular weight is 493 g/mol. The lowest BCUT2D eigenvalue weighted by molar-refractivity contribution is -0.639. The standard InChI is InChI=1S/C35H29N3/c1-35(2)27-16-8-6-14-23(27)25-21-32-26(20-28(25)35)24-15-7-11-19-31(24)38(32)34-33(22-12-4-3-5-13-22)36-29-17-9-10-18-30(29)37-34/h3-21,33-34,36-37H,1-2H3/p+1. The van der Waals surface area contributed by atoms with E-state index in [1.807, 2.05) is 0 Å². The molecule has 3 N–H and O–H groups in total. The van der Waals surface area contributed by atoms with Gasteiger partial charge in [-0.1, -0.05) is 98.8 Å². The van der Waals surface area contributed by atoms with E-state index in [1.165, 1.54) is 61.0 Å². The summed E-state index contributed by atoms with van der Waals surface area (Å²) in [7, 11) is 0. The number of fused-ring (bicyclic) bond motifs is 7. The van der Waals surface area contributed by atoms with Crippen molar-refractivity contribution >= 4 is 33.2 Å². The molecule has 0 saturated heterocycles. The van der Waals surface area contributed by atoms with Crippen LogP contribution in [0.15, 0.2) is 115 Å². The topological polar surface area (TPSA) is 33.6 Å². The first-order chi connectivity index (χ1) is 18.6. The molecular weight excluding hydrogens is 462 g/mol. The van der Waals surface area contributed by atoms with Crippen LogP contribution in [0.4, 0.5) is 11.4 Å². The number of anilines is 1. The Morgan fingerprint density at radius 3 is 2.29 bits per heavy atom. The summed E-state index contributed by atoms with van der Waals surface area (Å²) >= 11 is 0. The molecule has 0 radical (unpaired) electrons. The van der Waals surface area contributed by atoms with Crippen molar-refractivity contribution in [3.05, 3.63) is 132 Å². The summed E-state index contributed by atoms with van der Waals surface area (Å²) in [6, 6.07) is 42.5. The van der Waals surface area contributed by atoms with E-state index in [4.69, 9.17) is 0 Å². The first kappa shape index (κ1) is 21.7. The zero-order valence-corrected chi connectivity index (χ0v) is 21.6. The van der Waals surface area contributed by atoms with Crippen LogP contribution >= 0.6 is 0 Å². The molecule has 0 saturated carbocycles. The Kier molecular flexibility index (Phi) is 4.48. The number of nitrogens with zero attached hydrogens (tertiary/aromatic N) is 1. The van der Waals surface area contributed by atoms with Crippen LogP contribution in [-0.4, -0.2) is 4.57 Å². The van der Waals surface area contributed by atoms with Crippen molar-refractivity contribution in [3.63, 3.8) is 0 Å². The lowest BCUT2D eigenvalue weighted by Gasteiger charge is -2.34. The molecule has 0 fully saturated rings. The average Bonchev–Trinajstić information content (AvgIpc) is 3.40. The molecule has 2 aliphatic rings. The van der Waals surface area contributed by atoms with Gasteiger partial charge >= 0.3 is 0 Å². The zero-order chi connectivity index (χ0) is 25.4. The Labute approximate surface area is 222 Å². The number of hydrogen-bond acceptors (Lipinski definition) is 1. The Hall–Kier alpha value is -4.34. The van der Waals surface area contributed by atoms with Crippen molar-refractivity contribution in [2.24, 2.45) is 0 Å². The molecule has 1 aliphatic carbocycles. The molecule has 0 amide bonds. The Balaban J connectivity index is 1.43. The van der Waals surface area contributed by atoms with Crippen LogP contribution in [0.25, 0.3) is 32.9 Å². The van der Waals surface area contributed by atoms with E-state index in [0.29, 0.717) is 0 Å². The molecule has 2 heterocycles. The molecule has 38 heavy (non-hydrogen) atoms.